The van der Waals surface area contributed by atoms with Gasteiger partial charge in [-0.3, -0.25) is 19.5 Å². The Morgan fingerprint density at radius 3 is 2.62 bits per heavy atom. The number of rotatable bonds is 7. The van der Waals surface area contributed by atoms with Gasteiger partial charge in [-0.05, 0) is 49.9 Å². The van der Waals surface area contributed by atoms with Crippen LogP contribution < -0.4 is 10.6 Å². The fraction of sp³-hybridized carbons (Fsp3) is 0.346. The Morgan fingerprint density at radius 2 is 1.88 bits per heavy atom. The molecule has 6 nitrogen and oxygen atoms in total. The lowest BCUT2D eigenvalue weighted by molar-refractivity contribution is -0.129. The highest BCUT2D eigenvalue weighted by molar-refractivity contribution is 5.99. The van der Waals surface area contributed by atoms with Gasteiger partial charge in [-0.15, -0.1) is 0 Å². The van der Waals surface area contributed by atoms with Crippen molar-refractivity contribution in [3.8, 4) is 0 Å². The van der Waals surface area contributed by atoms with E-state index in [1.165, 1.54) is 0 Å². The number of aromatic nitrogens is 1. The molecule has 4 rings (SSSR count). The molecule has 2 heterocycles. The molecule has 3 aromatic rings. The maximum absolute atomic E-state index is 13.2. The van der Waals surface area contributed by atoms with Gasteiger partial charge in [0.15, 0.2) is 0 Å². The second-order valence-electron chi connectivity index (χ2n) is 8.79. The minimum absolute atomic E-state index is 0.0818. The smallest absolute Gasteiger partial charge is 0.247 e. The molecule has 6 heteroatoms. The average Bonchev–Trinajstić information content (AvgIpc) is 3.15. The standard InChI is InChI=1S/C26H30N4O2/c1-18-14-24(30(2)17-18)26(32)29-23(13-12-19-8-4-3-5-9-19)25(31)28-21-15-20-10-6-7-11-22(20)27-16-21/h3-11,15-16,18,23-24H,12-14,17H2,1-2H3,(H,28,31)(H,29,32). The van der Waals surface area contributed by atoms with Crippen LogP contribution >= 0.6 is 0 Å². The number of likely N-dealkylation sites (N-methyl/N-ethyl adjacent to an activating group) is 1. The molecule has 32 heavy (non-hydrogen) atoms. The number of aryl methyl sites for hydroxylation is 1. The van der Waals surface area contributed by atoms with E-state index in [2.05, 4.69) is 27.4 Å². The Balaban J connectivity index is 1.48. The third kappa shape index (κ3) is 5.32. The predicted molar refractivity (Wildman–Crippen MR) is 127 cm³/mol. The number of anilines is 1. The monoisotopic (exact) mass is 430 g/mol. The molecule has 2 N–H and O–H groups in total. The lowest BCUT2D eigenvalue weighted by Crippen LogP contribution is -2.50. The number of hydrogen-bond donors (Lipinski definition) is 2. The van der Waals surface area contributed by atoms with Crippen molar-refractivity contribution >= 4 is 28.4 Å². The summed E-state index contributed by atoms with van der Waals surface area (Å²) in [6.07, 6.45) is 3.69. The van der Waals surface area contributed by atoms with Crippen LogP contribution in [0.25, 0.3) is 10.9 Å². The minimum Gasteiger partial charge on any atom is -0.343 e. The molecule has 0 spiro atoms. The van der Waals surface area contributed by atoms with Gasteiger partial charge in [0.05, 0.1) is 23.4 Å². The Bertz CT molecular complexity index is 1090. The molecule has 1 aromatic heterocycles. The highest BCUT2D eigenvalue weighted by Gasteiger charge is 2.34. The fourth-order valence-corrected chi connectivity index (χ4v) is 4.42. The molecule has 3 unspecified atom stereocenters. The molecule has 0 radical (unpaired) electrons. The van der Waals surface area contributed by atoms with Crippen molar-refractivity contribution in [3.63, 3.8) is 0 Å². The maximum atomic E-state index is 13.2. The number of pyridine rings is 1. The van der Waals surface area contributed by atoms with Crippen LogP contribution in [0.3, 0.4) is 0 Å². The number of carbonyl (C=O) groups is 2. The zero-order chi connectivity index (χ0) is 22.5. The minimum atomic E-state index is -0.626. The molecule has 1 aliphatic heterocycles. The summed E-state index contributed by atoms with van der Waals surface area (Å²) in [6.45, 7) is 3.04. The van der Waals surface area contributed by atoms with Crippen LogP contribution in [0.4, 0.5) is 5.69 Å². The Kier molecular flexibility index (Phi) is 6.81. The molecule has 2 aromatic carbocycles. The average molecular weight is 431 g/mol. The third-order valence-electron chi connectivity index (χ3n) is 6.12. The van der Waals surface area contributed by atoms with Crippen molar-refractivity contribution < 1.29 is 9.59 Å². The van der Waals surface area contributed by atoms with Crippen LogP contribution in [0.1, 0.15) is 25.3 Å². The fourth-order valence-electron chi connectivity index (χ4n) is 4.42. The molecule has 0 saturated carbocycles. The van der Waals surface area contributed by atoms with Crippen LogP contribution in [0.15, 0.2) is 66.9 Å². The Labute approximate surface area is 189 Å². The summed E-state index contributed by atoms with van der Waals surface area (Å²) in [5, 5.41) is 6.94. The van der Waals surface area contributed by atoms with Gasteiger partial charge in [0.1, 0.15) is 6.04 Å². The van der Waals surface area contributed by atoms with Gasteiger partial charge in [0, 0.05) is 11.9 Å². The largest absolute Gasteiger partial charge is 0.343 e. The summed E-state index contributed by atoms with van der Waals surface area (Å²) in [5.41, 5.74) is 2.63. The van der Waals surface area contributed by atoms with E-state index in [0.29, 0.717) is 24.4 Å². The zero-order valence-electron chi connectivity index (χ0n) is 18.6. The molecule has 1 aliphatic rings. The topological polar surface area (TPSA) is 74.3 Å². The summed E-state index contributed by atoms with van der Waals surface area (Å²) in [5.74, 6) is 0.165. The third-order valence-corrected chi connectivity index (χ3v) is 6.12. The lowest BCUT2D eigenvalue weighted by Gasteiger charge is -2.23. The van der Waals surface area contributed by atoms with E-state index in [0.717, 1.165) is 29.4 Å². The van der Waals surface area contributed by atoms with Crippen molar-refractivity contribution in [2.24, 2.45) is 5.92 Å². The summed E-state index contributed by atoms with van der Waals surface area (Å²) >= 11 is 0. The van der Waals surface area contributed by atoms with Gasteiger partial charge in [0.25, 0.3) is 0 Å². The summed E-state index contributed by atoms with van der Waals surface area (Å²) in [4.78, 5) is 32.7. The molecule has 166 valence electrons. The second kappa shape index (κ2) is 9.92. The molecule has 0 bridgehead atoms. The SMILES string of the molecule is CC1CC(C(=O)NC(CCc2ccccc2)C(=O)Nc2cnc3ccccc3c2)N(C)C1. The molecule has 2 amide bonds. The van der Waals surface area contributed by atoms with Gasteiger partial charge < -0.3 is 10.6 Å². The zero-order valence-corrected chi connectivity index (χ0v) is 18.6. The van der Waals surface area contributed by atoms with E-state index in [4.69, 9.17) is 0 Å². The Morgan fingerprint density at radius 1 is 1.12 bits per heavy atom. The van der Waals surface area contributed by atoms with Crippen molar-refractivity contribution in [1.82, 2.24) is 15.2 Å². The number of carbonyl (C=O) groups excluding carboxylic acids is 2. The second-order valence-corrected chi connectivity index (χ2v) is 8.79. The first-order chi connectivity index (χ1) is 15.5. The number of nitrogens with one attached hydrogen (secondary N) is 2. The normalized spacial score (nSPS) is 19.6. The Hall–Kier alpha value is -3.25. The molecule has 1 saturated heterocycles. The molecular formula is C26H30N4O2. The van der Waals surface area contributed by atoms with Crippen LogP contribution in [-0.2, 0) is 16.0 Å². The van der Waals surface area contributed by atoms with E-state index < -0.39 is 6.04 Å². The van der Waals surface area contributed by atoms with Crippen molar-refractivity contribution in [3.05, 3.63) is 72.4 Å². The first kappa shape index (κ1) is 22.0. The van der Waals surface area contributed by atoms with Gasteiger partial charge in [-0.1, -0.05) is 55.5 Å². The van der Waals surface area contributed by atoms with E-state index in [-0.39, 0.29) is 17.9 Å². The lowest BCUT2D eigenvalue weighted by atomic mass is 10.0. The molecular weight excluding hydrogens is 400 g/mol. The number of hydrogen-bond acceptors (Lipinski definition) is 4. The molecule has 1 fully saturated rings. The predicted octanol–water partition coefficient (Wildman–Crippen LogP) is 3.63. The van der Waals surface area contributed by atoms with Crippen molar-refractivity contribution in [1.29, 1.82) is 0 Å². The van der Waals surface area contributed by atoms with E-state index in [1.54, 1.807) is 6.20 Å². The highest BCUT2D eigenvalue weighted by Crippen LogP contribution is 2.22. The summed E-state index contributed by atoms with van der Waals surface area (Å²) < 4.78 is 0. The van der Waals surface area contributed by atoms with Crippen molar-refractivity contribution in [2.75, 3.05) is 18.9 Å². The van der Waals surface area contributed by atoms with Gasteiger partial charge in [-0.2, -0.15) is 0 Å². The van der Waals surface area contributed by atoms with Crippen LogP contribution in [-0.4, -0.2) is 47.4 Å². The van der Waals surface area contributed by atoms with Gasteiger partial charge >= 0.3 is 0 Å². The van der Waals surface area contributed by atoms with Crippen LogP contribution in [0, 0.1) is 5.92 Å². The molecule has 3 atom stereocenters. The van der Waals surface area contributed by atoms with Gasteiger partial charge in [-0.25, -0.2) is 0 Å². The highest BCUT2D eigenvalue weighted by atomic mass is 16.2. The summed E-state index contributed by atoms with van der Waals surface area (Å²) in [7, 11) is 1.97. The number of amides is 2. The number of likely N-dealkylation sites (tertiary alicyclic amines) is 1. The van der Waals surface area contributed by atoms with Crippen LogP contribution in [0.2, 0.25) is 0 Å². The first-order valence-corrected chi connectivity index (χ1v) is 11.2. The number of fused-ring (bicyclic) bond motifs is 1. The number of para-hydroxylation sites is 1. The quantitative estimate of drug-likeness (QED) is 0.600. The maximum Gasteiger partial charge on any atom is 0.247 e. The van der Waals surface area contributed by atoms with Gasteiger partial charge in [0.2, 0.25) is 11.8 Å². The van der Waals surface area contributed by atoms with E-state index >= 15 is 0 Å². The van der Waals surface area contributed by atoms with E-state index in [1.807, 2.05) is 67.7 Å². The first-order valence-electron chi connectivity index (χ1n) is 11.2. The summed E-state index contributed by atoms with van der Waals surface area (Å²) in [6, 6.07) is 18.9. The number of benzene rings is 2. The van der Waals surface area contributed by atoms with E-state index in [9.17, 15) is 9.59 Å². The van der Waals surface area contributed by atoms with Crippen LogP contribution in [0.5, 0.6) is 0 Å². The molecule has 0 aliphatic carbocycles. The number of nitrogens with zero attached hydrogens (tertiary/aromatic N) is 2. The van der Waals surface area contributed by atoms with Crippen molar-refractivity contribution in [2.45, 2.75) is 38.3 Å².